The molecule has 1 amide bonds. The Morgan fingerprint density at radius 3 is 2.48 bits per heavy atom. The van der Waals surface area contributed by atoms with E-state index in [1.165, 1.54) is 24.8 Å². The molecule has 2 aromatic carbocycles. The van der Waals surface area contributed by atoms with Crippen molar-refractivity contribution in [3.63, 3.8) is 0 Å². The maximum Gasteiger partial charge on any atom is 0.241 e. The molecule has 2 aromatic rings. The van der Waals surface area contributed by atoms with Crippen molar-refractivity contribution in [3.8, 4) is 5.75 Å². The van der Waals surface area contributed by atoms with Crippen LogP contribution in [0.1, 0.15) is 31.7 Å². The molecule has 1 saturated heterocycles. The highest BCUT2D eigenvalue weighted by molar-refractivity contribution is 5.95. The van der Waals surface area contributed by atoms with E-state index in [0.29, 0.717) is 5.75 Å². The van der Waals surface area contributed by atoms with Gasteiger partial charge >= 0.3 is 0 Å². The molecule has 0 unspecified atom stereocenters. The van der Waals surface area contributed by atoms with Crippen molar-refractivity contribution in [2.45, 2.75) is 38.6 Å². The Morgan fingerprint density at radius 2 is 1.78 bits per heavy atom. The van der Waals surface area contributed by atoms with Crippen molar-refractivity contribution in [2.24, 2.45) is 5.92 Å². The van der Waals surface area contributed by atoms with Crippen molar-refractivity contribution in [2.75, 3.05) is 25.5 Å². The summed E-state index contributed by atoms with van der Waals surface area (Å²) in [5, 5.41) is 3.01. The number of benzene rings is 2. The first kappa shape index (κ1) is 19.4. The molecule has 27 heavy (non-hydrogen) atoms. The maximum atomic E-state index is 12.7. The number of carbonyl (C=O) groups excluding carboxylic acids is 1. The van der Waals surface area contributed by atoms with Gasteiger partial charge in [-0.25, -0.2) is 0 Å². The molecule has 1 atom stereocenters. The average Bonchev–Trinajstić information content (AvgIpc) is 2.73. The highest BCUT2D eigenvalue weighted by Crippen LogP contribution is 2.26. The van der Waals surface area contributed by atoms with Gasteiger partial charge in [0.2, 0.25) is 5.91 Å². The van der Waals surface area contributed by atoms with E-state index in [2.05, 4.69) is 40.5 Å². The molecule has 1 fully saturated rings. The quantitative estimate of drug-likeness (QED) is 0.791. The summed E-state index contributed by atoms with van der Waals surface area (Å²) >= 11 is 0. The zero-order chi connectivity index (χ0) is 19.1. The summed E-state index contributed by atoms with van der Waals surface area (Å²) in [5.74, 6) is 1.48. The molecule has 0 aromatic heterocycles. The summed E-state index contributed by atoms with van der Waals surface area (Å²) in [7, 11) is 1.62. The molecule has 1 heterocycles. The fourth-order valence-corrected chi connectivity index (χ4v) is 3.80. The molecule has 144 valence electrons. The lowest BCUT2D eigenvalue weighted by Crippen LogP contribution is -2.46. The van der Waals surface area contributed by atoms with Gasteiger partial charge in [-0.3, -0.25) is 9.69 Å². The summed E-state index contributed by atoms with van der Waals surface area (Å²) in [6.07, 6.45) is 4.72. The number of likely N-dealkylation sites (tertiary alicyclic amines) is 1. The summed E-state index contributed by atoms with van der Waals surface area (Å²) < 4.78 is 5.32. The van der Waals surface area contributed by atoms with Gasteiger partial charge in [0, 0.05) is 0 Å². The number of aryl methyl sites for hydroxylation is 1. The molecule has 0 aliphatic carbocycles. The van der Waals surface area contributed by atoms with Gasteiger partial charge < -0.3 is 10.1 Å². The van der Waals surface area contributed by atoms with Gasteiger partial charge in [0.25, 0.3) is 0 Å². The molecular weight excluding hydrogens is 336 g/mol. The van der Waals surface area contributed by atoms with E-state index < -0.39 is 0 Å². The molecule has 0 spiro atoms. The molecule has 0 saturated carbocycles. The van der Waals surface area contributed by atoms with Gasteiger partial charge in [-0.05, 0) is 69.3 Å². The van der Waals surface area contributed by atoms with Crippen LogP contribution in [0.25, 0.3) is 0 Å². The van der Waals surface area contributed by atoms with Crippen molar-refractivity contribution in [1.29, 1.82) is 0 Å². The molecular formula is C23H30N2O2. The Balaban J connectivity index is 1.46. The van der Waals surface area contributed by atoms with Gasteiger partial charge in [0.15, 0.2) is 0 Å². The summed E-state index contributed by atoms with van der Waals surface area (Å²) in [4.78, 5) is 15.0. The Labute approximate surface area is 162 Å². The lowest BCUT2D eigenvalue weighted by Gasteiger charge is -2.35. The number of para-hydroxylation sites is 2. The third-order valence-corrected chi connectivity index (χ3v) is 5.63. The molecule has 3 rings (SSSR count). The van der Waals surface area contributed by atoms with Crippen LogP contribution in [0.4, 0.5) is 5.69 Å². The number of amides is 1. The van der Waals surface area contributed by atoms with E-state index in [1.807, 2.05) is 31.2 Å². The van der Waals surface area contributed by atoms with Crippen LogP contribution in [-0.4, -0.2) is 37.0 Å². The summed E-state index contributed by atoms with van der Waals surface area (Å²) in [6, 6.07) is 18.1. The fourth-order valence-electron chi connectivity index (χ4n) is 3.80. The van der Waals surface area contributed by atoms with Gasteiger partial charge in [-0.15, -0.1) is 0 Å². The first-order chi connectivity index (χ1) is 13.2. The van der Waals surface area contributed by atoms with Crippen molar-refractivity contribution >= 4 is 11.6 Å². The van der Waals surface area contributed by atoms with Crippen LogP contribution in [0.15, 0.2) is 54.6 Å². The third-order valence-electron chi connectivity index (χ3n) is 5.63. The molecule has 1 aliphatic heterocycles. The third kappa shape index (κ3) is 5.33. The van der Waals surface area contributed by atoms with Crippen molar-refractivity contribution in [3.05, 3.63) is 60.2 Å². The minimum Gasteiger partial charge on any atom is -0.495 e. The number of carbonyl (C=O) groups is 1. The number of hydrogen-bond donors (Lipinski definition) is 1. The van der Waals surface area contributed by atoms with E-state index in [0.717, 1.165) is 31.1 Å². The van der Waals surface area contributed by atoms with Crippen LogP contribution in [0.2, 0.25) is 0 Å². The number of anilines is 1. The van der Waals surface area contributed by atoms with Crippen LogP contribution in [-0.2, 0) is 11.2 Å². The zero-order valence-corrected chi connectivity index (χ0v) is 16.4. The number of nitrogens with one attached hydrogen (secondary N) is 1. The van der Waals surface area contributed by atoms with Gasteiger partial charge in [-0.2, -0.15) is 0 Å². The molecule has 1 N–H and O–H groups in total. The second-order valence-corrected chi connectivity index (χ2v) is 7.37. The van der Waals surface area contributed by atoms with Crippen LogP contribution < -0.4 is 10.1 Å². The van der Waals surface area contributed by atoms with E-state index in [9.17, 15) is 4.79 Å². The first-order valence-corrected chi connectivity index (χ1v) is 9.89. The van der Waals surface area contributed by atoms with Gasteiger partial charge in [0.1, 0.15) is 5.75 Å². The molecule has 1 aliphatic rings. The maximum absolute atomic E-state index is 12.7. The number of nitrogens with zero attached hydrogens (tertiary/aromatic N) is 1. The summed E-state index contributed by atoms with van der Waals surface area (Å²) in [5.41, 5.74) is 2.15. The van der Waals surface area contributed by atoms with Gasteiger partial charge in [0.05, 0.1) is 18.8 Å². The van der Waals surface area contributed by atoms with E-state index in [-0.39, 0.29) is 11.9 Å². The standard InChI is InChI=1S/C23H30N2O2/c1-18(23(26)24-21-10-6-7-11-22(21)27-2)25-16-14-20(15-17-25)13-12-19-8-4-3-5-9-19/h3-11,18,20H,12-17H2,1-2H3,(H,24,26)/t18-/m1/s1. The number of ether oxygens (including phenoxy) is 1. The molecule has 4 nitrogen and oxygen atoms in total. The normalized spacial score (nSPS) is 16.7. The van der Waals surface area contributed by atoms with Crippen molar-refractivity contribution in [1.82, 2.24) is 4.90 Å². The number of piperidine rings is 1. The van der Waals surface area contributed by atoms with Gasteiger partial charge in [-0.1, -0.05) is 42.5 Å². The Kier molecular flexibility index (Phi) is 6.88. The van der Waals surface area contributed by atoms with E-state index in [1.54, 1.807) is 7.11 Å². The number of methoxy groups -OCH3 is 1. The SMILES string of the molecule is COc1ccccc1NC(=O)[C@@H](C)N1CCC(CCc2ccccc2)CC1. The Hall–Kier alpha value is -2.33. The Morgan fingerprint density at radius 1 is 1.11 bits per heavy atom. The smallest absolute Gasteiger partial charge is 0.241 e. The fraction of sp³-hybridized carbons (Fsp3) is 0.435. The van der Waals surface area contributed by atoms with Crippen molar-refractivity contribution < 1.29 is 9.53 Å². The van der Waals surface area contributed by atoms with Crippen LogP contribution >= 0.6 is 0 Å². The Bertz CT molecular complexity index is 724. The second kappa shape index (κ2) is 9.56. The highest BCUT2D eigenvalue weighted by Gasteiger charge is 2.26. The predicted molar refractivity (Wildman–Crippen MR) is 110 cm³/mol. The minimum atomic E-state index is -0.134. The molecule has 4 heteroatoms. The highest BCUT2D eigenvalue weighted by atomic mass is 16.5. The predicted octanol–water partition coefficient (Wildman–Crippen LogP) is 4.37. The van der Waals surface area contributed by atoms with E-state index >= 15 is 0 Å². The zero-order valence-electron chi connectivity index (χ0n) is 16.4. The van der Waals surface area contributed by atoms with Crippen LogP contribution in [0.5, 0.6) is 5.75 Å². The largest absolute Gasteiger partial charge is 0.495 e. The number of rotatable bonds is 7. The average molecular weight is 367 g/mol. The first-order valence-electron chi connectivity index (χ1n) is 9.89. The van der Waals surface area contributed by atoms with E-state index in [4.69, 9.17) is 4.74 Å². The number of hydrogen-bond acceptors (Lipinski definition) is 3. The summed E-state index contributed by atoms with van der Waals surface area (Å²) in [6.45, 7) is 3.97. The molecule has 0 bridgehead atoms. The van der Waals surface area contributed by atoms with Crippen LogP contribution in [0, 0.1) is 5.92 Å². The molecule has 0 radical (unpaired) electrons. The van der Waals surface area contributed by atoms with Crippen LogP contribution in [0.3, 0.4) is 0 Å². The second-order valence-electron chi connectivity index (χ2n) is 7.37. The lowest BCUT2D eigenvalue weighted by molar-refractivity contribution is -0.121. The minimum absolute atomic E-state index is 0.0298. The monoisotopic (exact) mass is 366 g/mol. The lowest BCUT2D eigenvalue weighted by atomic mass is 9.90. The topological polar surface area (TPSA) is 41.6 Å².